The lowest BCUT2D eigenvalue weighted by molar-refractivity contribution is 0.154. The standard InChI is InChI=1S/C18H20BrN5O2/c19-14-5-6-15-16(9-14)23-17(11-21-15)13-10-22-24(12-13)7-3-1-2-4-8-26-18(20)25/h5-6,9-12H,1-4,7-8H2,(H2,20,25). The minimum Gasteiger partial charge on any atom is -0.450 e. The lowest BCUT2D eigenvalue weighted by Gasteiger charge is -2.03. The van der Waals surface area contributed by atoms with Gasteiger partial charge in [0.05, 0.1) is 35.7 Å². The molecule has 0 saturated carbocycles. The third-order valence-electron chi connectivity index (χ3n) is 3.96. The van der Waals surface area contributed by atoms with Crippen LogP contribution in [0.3, 0.4) is 0 Å². The van der Waals surface area contributed by atoms with Gasteiger partial charge in [-0.3, -0.25) is 9.67 Å². The average molecular weight is 418 g/mol. The molecule has 2 N–H and O–H groups in total. The van der Waals surface area contributed by atoms with E-state index in [2.05, 4.69) is 31.0 Å². The molecule has 0 bridgehead atoms. The van der Waals surface area contributed by atoms with Gasteiger partial charge in [-0.05, 0) is 37.5 Å². The first-order valence-electron chi connectivity index (χ1n) is 8.49. The molecule has 2 heterocycles. The molecule has 1 aromatic carbocycles. The van der Waals surface area contributed by atoms with E-state index >= 15 is 0 Å². The molecule has 8 heteroatoms. The van der Waals surface area contributed by atoms with Crippen LogP contribution in [-0.2, 0) is 11.3 Å². The summed E-state index contributed by atoms with van der Waals surface area (Å²) in [5, 5.41) is 4.40. The van der Waals surface area contributed by atoms with Crippen LogP contribution in [0.4, 0.5) is 4.79 Å². The monoisotopic (exact) mass is 417 g/mol. The van der Waals surface area contributed by atoms with Gasteiger partial charge in [0.15, 0.2) is 0 Å². The first kappa shape index (κ1) is 18.3. The van der Waals surface area contributed by atoms with E-state index in [1.165, 1.54) is 0 Å². The van der Waals surface area contributed by atoms with Gasteiger partial charge in [0.2, 0.25) is 0 Å². The molecule has 3 rings (SSSR count). The van der Waals surface area contributed by atoms with Crippen LogP contribution < -0.4 is 5.73 Å². The fraction of sp³-hybridized carbons (Fsp3) is 0.333. The summed E-state index contributed by atoms with van der Waals surface area (Å²) in [4.78, 5) is 19.6. The zero-order valence-corrected chi connectivity index (χ0v) is 15.9. The minimum atomic E-state index is -0.710. The molecule has 0 atom stereocenters. The molecular weight excluding hydrogens is 398 g/mol. The maximum atomic E-state index is 10.5. The number of halogens is 1. The molecule has 0 saturated heterocycles. The number of fused-ring (bicyclic) bond motifs is 1. The number of benzene rings is 1. The Morgan fingerprint density at radius 3 is 2.85 bits per heavy atom. The van der Waals surface area contributed by atoms with Gasteiger partial charge < -0.3 is 10.5 Å². The van der Waals surface area contributed by atoms with Crippen molar-refractivity contribution in [3.05, 3.63) is 41.3 Å². The van der Waals surface area contributed by atoms with Crippen LogP contribution in [-0.4, -0.2) is 32.4 Å². The quantitative estimate of drug-likeness (QED) is 0.560. The van der Waals surface area contributed by atoms with Crippen molar-refractivity contribution in [1.29, 1.82) is 0 Å². The van der Waals surface area contributed by atoms with Crippen LogP contribution in [0.2, 0.25) is 0 Å². The summed E-state index contributed by atoms with van der Waals surface area (Å²) in [7, 11) is 0. The molecular formula is C18H20BrN5O2. The number of primary amides is 1. The van der Waals surface area contributed by atoms with Crippen molar-refractivity contribution < 1.29 is 9.53 Å². The van der Waals surface area contributed by atoms with Gasteiger partial charge in [-0.25, -0.2) is 9.78 Å². The molecule has 0 spiro atoms. The smallest absolute Gasteiger partial charge is 0.404 e. The Morgan fingerprint density at radius 2 is 2.00 bits per heavy atom. The molecule has 0 aliphatic rings. The van der Waals surface area contributed by atoms with Crippen molar-refractivity contribution in [2.75, 3.05) is 6.61 Å². The highest BCUT2D eigenvalue weighted by Gasteiger charge is 2.06. The molecule has 0 unspecified atom stereocenters. The summed E-state index contributed by atoms with van der Waals surface area (Å²) in [6.07, 6.45) is 8.74. The molecule has 0 radical (unpaired) electrons. The van der Waals surface area contributed by atoms with Crippen LogP contribution in [0.5, 0.6) is 0 Å². The number of aryl methyl sites for hydroxylation is 1. The summed E-state index contributed by atoms with van der Waals surface area (Å²) >= 11 is 3.46. The third-order valence-corrected chi connectivity index (χ3v) is 4.45. The van der Waals surface area contributed by atoms with E-state index in [-0.39, 0.29) is 0 Å². The average Bonchev–Trinajstić information content (AvgIpc) is 3.09. The Hall–Kier alpha value is -2.48. The predicted octanol–water partition coefficient (Wildman–Crippen LogP) is 3.91. The van der Waals surface area contributed by atoms with Gasteiger partial charge in [-0.15, -0.1) is 0 Å². The van der Waals surface area contributed by atoms with Gasteiger partial charge in [0, 0.05) is 22.8 Å². The molecule has 136 valence electrons. The number of carbonyl (C=O) groups is 1. The lowest BCUT2D eigenvalue weighted by Crippen LogP contribution is -2.13. The van der Waals surface area contributed by atoms with Crippen molar-refractivity contribution in [2.24, 2.45) is 5.73 Å². The van der Waals surface area contributed by atoms with Gasteiger partial charge in [0.25, 0.3) is 0 Å². The van der Waals surface area contributed by atoms with E-state index in [1.807, 2.05) is 35.3 Å². The lowest BCUT2D eigenvalue weighted by atomic mass is 10.2. The molecule has 7 nitrogen and oxygen atoms in total. The number of rotatable bonds is 8. The zero-order chi connectivity index (χ0) is 18.4. The number of amides is 1. The van der Waals surface area contributed by atoms with Crippen molar-refractivity contribution in [3.63, 3.8) is 0 Å². The van der Waals surface area contributed by atoms with E-state index < -0.39 is 6.09 Å². The highest BCUT2D eigenvalue weighted by atomic mass is 79.9. The normalized spacial score (nSPS) is 11.0. The second-order valence-electron chi connectivity index (χ2n) is 5.96. The number of aromatic nitrogens is 4. The Kier molecular flexibility index (Phi) is 6.17. The Labute approximate surface area is 159 Å². The fourth-order valence-corrected chi connectivity index (χ4v) is 2.99. The Morgan fingerprint density at radius 1 is 1.15 bits per heavy atom. The summed E-state index contributed by atoms with van der Waals surface area (Å²) in [5.41, 5.74) is 8.39. The van der Waals surface area contributed by atoms with Crippen molar-refractivity contribution in [2.45, 2.75) is 32.2 Å². The van der Waals surface area contributed by atoms with Gasteiger partial charge >= 0.3 is 6.09 Å². The van der Waals surface area contributed by atoms with Crippen LogP contribution >= 0.6 is 15.9 Å². The van der Waals surface area contributed by atoms with E-state index in [0.29, 0.717) is 6.61 Å². The second-order valence-corrected chi connectivity index (χ2v) is 6.88. The van der Waals surface area contributed by atoms with Crippen LogP contribution in [0, 0.1) is 0 Å². The highest BCUT2D eigenvalue weighted by molar-refractivity contribution is 9.10. The Balaban J connectivity index is 1.52. The number of hydrogen-bond donors (Lipinski definition) is 1. The van der Waals surface area contributed by atoms with Crippen molar-refractivity contribution in [1.82, 2.24) is 19.7 Å². The van der Waals surface area contributed by atoms with Crippen molar-refractivity contribution >= 4 is 33.1 Å². The molecule has 0 aliphatic carbocycles. The number of carbonyl (C=O) groups excluding carboxylic acids is 1. The van der Waals surface area contributed by atoms with Crippen LogP contribution in [0.15, 0.2) is 41.3 Å². The number of ether oxygens (including phenoxy) is 1. The van der Waals surface area contributed by atoms with Gasteiger partial charge in [0.1, 0.15) is 0 Å². The first-order valence-corrected chi connectivity index (χ1v) is 9.28. The molecule has 26 heavy (non-hydrogen) atoms. The molecule has 1 amide bonds. The fourth-order valence-electron chi connectivity index (χ4n) is 2.64. The number of hydrogen-bond acceptors (Lipinski definition) is 5. The van der Waals surface area contributed by atoms with Crippen molar-refractivity contribution in [3.8, 4) is 11.3 Å². The summed E-state index contributed by atoms with van der Waals surface area (Å²) in [6.45, 7) is 1.22. The van der Waals surface area contributed by atoms with E-state index in [1.54, 1.807) is 6.20 Å². The van der Waals surface area contributed by atoms with E-state index in [0.717, 1.165) is 59.0 Å². The van der Waals surface area contributed by atoms with Crippen LogP contribution in [0.1, 0.15) is 25.7 Å². The van der Waals surface area contributed by atoms with Gasteiger partial charge in [-0.2, -0.15) is 5.10 Å². The summed E-state index contributed by atoms with van der Waals surface area (Å²) in [6, 6.07) is 5.85. The number of unbranched alkanes of at least 4 members (excludes halogenated alkanes) is 3. The maximum Gasteiger partial charge on any atom is 0.404 e. The first-order chi connectivity index (χ1) is 12.6. The summed E-state index contributed by atoms with van der Waals surface area (Å²) in [5.74, 6) is 0. The molecule has 3 aromatic rings. The predicted molar refractivity (Wildman–Crippen MR) is 102 cm³/mol. The molecule has 0 fully saturated rings. The molecule has 0 aliphatic heterocycles. The van der Waals surface area contributed by atoms with Crippen LogP contribution in [0.25, 0.3) is 22.3 Å². The molecule has 2 aromatic heterocycles. The van der Waals surface area contributed by atoms with Gasteiger partial charge in [-0.1, -0.05) is 22.4 Å². The minimum absolute atomic E-state index is 0.387. The third kappa shape index (κ3) is 5.01. The largest absolute Gasteiger partial charge is 0.450 e. The SMILES string of the molecule is NC(=O)OCCCCCCn1cc(-c2cnc3ccc(Br)cc3n2)cn1. The number of nitrogens with zero attached hydrogens (tertiary/aromatic N) is 4. The topological polar surface area (TPSA) is 95.9 Å². The van der Waals surface area contributed by atoms with E-state index in [9.17, 15) is 4.79 Å². The number of nitrogens with two attached hydrogens (primary N) is 1. The highest BCUT2D eigenvalue weighted by Crippen LogP contribution is 2.21. The zero-order valence-electron chi connectivity index (χ0n) is 14.3. The Bertz CT molecular complexity index is 896. The van der Waals surface area contributed by atoms with E-state index in [4.69, 9.17) is 10.5 Å². The second kappa shape index (κ2) is 8.75. The summed E-state index contributed by atoms with van der Waals surface area (Å²) < 4.78 is 7.60. The maximum absolute atomic E-state index is 10.5.